The van der Waals surface area contributed by atoms with E-state index < -0.39 is 0 Å². The largest absolute Gasteiger partial charge is 0.489 e. The lowest BCUT2D eigenvalue weighted by atomic mass is 10.2. The molecule has 2 N–H and O–H groups in total. The van der Waals surface area contributed by atoms with E-state index in [0.29, 0.717) is 24.8 Å². The van der Waals surface area contributed by atoms with Crippen molar-refractivity contribution in [2.24, 2.45) is 4.99 Å². The average molecular weight is 530 g/mol. The SMILES string of the molecule is CCC(CNC(=NC)NCCCCn1c(C)cccc1=O)Oc1cccc(F)c1.I. The van der Waals surface area contributed by atoms with Crippen molar-refractivity contribution in [1.29, 1.82) is 0 Å². The lowest BCUT2D eigenvalue weighted by Crippen LogP contribution is -2.42. The van der Waals surface area contributed by atoms with Gasteiger partial charge in [0.1, 0.15) is 17.7 Å². The molecule has 0 spiro atoms. The Kier molecular flexibility index (Phi) is 12.1. The number of hydrogen-bond acceptors (Lipinski definition) is 3. The molecule has 0 saturated heterocycles. The molecule has 6 nitrogen and oxygen atoms in total. The predicted octanol–water partition coefficient (Wildman–Crippen LogP) is 3.72. The Hall–Kier alpha value is -2.10. The second-order valence-electron chi connectivity index (χ2n) is 6.85. The second-order valence-corrected chi connectivity index (χ2v) is 6.85. The highest BCUT2D eigenvalue weighted by Gasteiger charge is 2.10. The molecular formula is C22H32FIN4O2. The van der Waals surface area contributed by atoms with Crippen LogP contribution in [0.25, 0.3) is 0 Å². The fourth-order valence-electron chi connectivity index (χ4n) is 2.94. The molecule has 0 fully saturated rings. The molecule has 2 rings (SSSR count). The summed E-state index contributed by atoms with van der Waals surface area (Å²) in [6.07, 6.45) is 2.50. The number of unbranched alkanes of at least 4 members (excludes halogenated alkanes) is 1. The Balaban J connectivity index is 0.00000450. The summed E-state index contributed by atoms with van der Waals surface area (Å²) in [7, 11) is 1.72. The number of aryl methyl sites for hydroxylation is 1. The Labute approximate surface area is 195 Å². The molecule has 8 heteroatoms. The maximum Gasteiger partial charge on any atom is 0.250 e. The fraction of sp³-hybridized carbons (Fsp3) is 0.455. The highest BCUT2D eigenvalue weighted by atomic mass is 127. The van der Waals surface area contributed by atoms with Crippen molar-refractivity contribution in [3.8, 4) is 5.75 Å². The number of rotatable bonds is 10. The van der Waals surface area contributed by atoms with E-state index in [1.807, 2.05) is 19.9 Å². The van der Waals surface area contributed by atoms with Gasteiger partial charge >= 0.3 is 0 Å². The van der Waals surface area contributed by atoms with Crippen LogP contribution >= 0.6 is 24.0 Å². The molecule has 1 aromatic heterocycles. The van der Waals surface area contributed by atoms with Crippen molar-refractivity contribution >= 4 is 29.9 Å². The van der Waals surface area contributed by atoms with Crippen LogP contribution < -0.4 is 20.9 Å². The standard InChI is InChI=1S/C22H31FN4O2.HI/c1-4-19(29-20-11-8-10-18(23)15-20)16-26-22(24-3)25-13-5-6-14-27-17(2)9-7-12-21(27)28;/h7-12,15,19H,4-6,13-14,16H2,1-3H3,(H2,24,25,26);1H. The minimum absolute atomic E-state index is 0. The van der Waals surface area contributed by atoms with E-state index >= 15 is 0 Å². The maximum atomic E-state index is 13.3. The maximum absolute atomic E-state index is 13.3. The zero-order chi connectivity index (χ0) is 21.1. The van der Waals surface area contributed by atoms with E-state index in [0.717, 1.165) is 31.5 Å². The predicted molar refractivity (Wildman–Crippen MR) is 131 cm³/mol. The first-order valence-corrected chi connectivity index (χ1v) is 10.1. The third kappa shape index (κ3) is 8.73. The van der Waals surface area contributed by atoms with Gasteiger partial charge in [-0.25, -0.2) is 4.39 Å². The van der Waals surface area contributed by atoms with Crippen molar-refractivity contribution in [3.63, 3.8) is 0 Å². The molecule has 0 aliphatic heterocycles. The molecule has 0 radical (unpaired) electrons. The monoisotopic (exact) mass is 530 g/mol. The number of hydrogen-bond donors (Lipinski definition) is 2. The van der Waals surface area contributed by atoms with E-state index in [1.165, 1.54) is 12.1 Å². The van der Waals surface area contributed by atoms with E-state index in [4.69, 9.17) is 4.74 Å². The molecule has 1 heterocycles. The van der Waals surface area contributed by atoms with E-state index in [-0.39, 0.29) is 41.5 Å². The number of aliphatic imine (C=N–C) groups is 1. The van der Waals surface area contributed by atoms with Gasteiger partial charge in [0, 0.05) is 38.0 Å². The molecule has 0 saturated carbocycles. The van der Waals surface area contributed by atoms with Gasteiger partial charge < -0.3 is 19.9 Å². The van der Waals surface area contributed by atoms with E-state index in [1.54, 1.807) is 35.9 Å². The summed E-state index contributed by atoms with van der Waals surface area (Å²) in [6, 6.07) is 11.5. The molecule has 30 heavy (non-hydrogen) atoms. The Morgan fingerprint density at radius 1 is 1.20 bits per heavy atom. The van der Waals surface area contributed by atoms with Crippen LogP contribution in [0.2, 0.25) is 0 Å². The molecule has 166 valence electrons. The lowest BCUT2D eigenvalue weighted by Gasteiger charge is -2.20. The first-order valence-electron chi connectivity index (χ1n) is 10.1. The van der Waals surface area contributed by atoms with Gasteiger partial charge in [-0.1, -0.05) is 19.1 Å². The molecule has 1 atom stereocenters. The van der Waals surface area contributed by atoms with Crippen LogP contribution in [0.15, 0.2) is 52.3 Å². The van der Waals surface area contributed by atoms with Crippen molar-refractivity contribution in [2.45, 2.75) is 45.8 Å². The van der Waals surface area contributed by atoms with Crippen molar-refractivity contribution < 1.29 is 9.13 Å². The minimum atomic E-state index is -0.309. The summed E-state index contributed by atoms with van der Waals surface area (Å²) in [4.78, 5) is 16.1. The van der Waals surface area contributed by atoms with Crippen LogP contribution in [0.5, 0.6) is 5.75 Å². The molecule has 0 aliphatic rings. The average Bonchev–Trinajstić information content (AvgIpc) is 2.70. The highest BCUT2D eigenvalue weighted by Crippen LogP contribution is 2.14. The number of nitrogens with one attached hydrogen (secondary N) is 2. The molecular weight excluding hydrogens is 498 g/mol. The number of aromatic nitrogens is 1. The molecule has 1 aromatic carbocycles. The van der Waals surface area contributed by atoms with E-state index in [2.05, 4.69) is 15.6 Å². The molecule has 0 amide bonds. The molecule has 2 aromatic rings. The van der Waals surface area contributed by atoms with Crippen LogP contribution in [0.1, 0.15) is 31.9 Å². The number of nitrogens with zero attached hydrogens (tertiary/aromatic N) is 2. The normalized spacial score (nSPS) is 12.1. The number of ether oxygens (including phenoxy) is 1. The van der Waals surface area contributed by atoms with Gasteiger partial charge in [0.25, 0.3) is 5.56 Å². The van der Waals surface area contributed by atoms with Gasteiger partial charge in [0.15, 0.2) is 5.96 Å². The van der Waals surface area contributed by atoms with E-state index in [9.17, 15) is 9.18 Å². The van der Waals surface area contributed by atoms with Crippen LogP contribution in [0.3, 0.4) is 0 Å². The summed E-state index contributed by atoms with van der Waals surface area (Å²) in [6.45, 7) is 5.99. The zero-order valence-corrected chi connectivity index (χ0v) is 20.2. The van der Waals surface area contributed by atoms with Gasteiger partial charge in [0.2, 0.25) is 0 Å². The first-order chi connectivity index (χ1) is 14.0. The van der Waals surface area contributed by atoms with Gasteiger partial charge in [-0.3, -0.25) is 9.79 Å². The van der Waals surface area contributed by atoms with Crippen LogP contribution in [0.4, 0.5) is 4.39 Å². The van der Waals surface area contributed by atoms with Gasteiger partial charge in [-0.15, -0.1) is 24.0 Å². The fourth-order valence-corrected chi connectivity index (χ4v) is 2.94. The van der Waals surface area contributed by atoms with Crippen LogP contribution in [-0.4, -0.2) is 36.8 Å². The Morgan fingerprint density at radius 3 is 2.63 bits per heavy atom. The van der Waals surface area contributed by atoms with Crippen molar-refractivity contribution in [3.05, 3.63) is 64.3 Å². The third-order valence-corrected chi connectivity index (χ3v) is 4.64. The number of benzene rings is 1. The first kappa shape index (κ1) is 25.9. The molecule has 1 unspecified atom stereocenters. The van der Waals surface area contributed by atoms with Crippen LogP contribution in [-0.2, 0) is 6.54 Å². The lowest BCUT2D eigenvalue weighted by molar-refractivity contribution is 0.199. The Bertz CT molecular complexity index is 857. The van der Waals surface area contributed by atoms with Crippen LogP contribution in [0, 0.1) is 12.7 Å². The van der Waals surface area contributed by atoms with Gasteiger partial charge in [0.05, 0.1) is 6.54 Å². The molecule has 0 aliphatic carbocycles. The van der Waals surface area contributed by atoms with Gasteiger partial charge in [-0.05, 0) is 44.4 Å². The highest BCUT2D eigenvalue weighted by molar-refractivity contribution is 14.0. The third-order valence-electron chi connectivity index (χ3n) is 4.64. The number of guanidine groups is 1. The zero-order valence-electron chi connectivity index (χ0n) is 17.9. The summed E-state index contributed by atoms with van der Waals surface area (Å²) in [5, 5.41) is 6.52. The van der Waals surface area contributed by atoms with Crippen molar-refractivity contribution in [1.82, 2.24) is 15.2 Å². The number of halogens is 2. The summed E-state index contributed by atoms with van der Waals surface area (Å²) in [5.74, 6) is 0.906. The molecule has 0 bridgehead atoms. The minimum Gasteiger partial charge on any atom is -0.489 e. The Morgan fingerprint density at radius 2 is 1.97 bits per heavy atom. The number of pyridine rings is 1. The summed E-state index contributed by atoms with van der Waals surface area (Å²) in [5.41, 5.74) is 1.02. The smallest absolute Gasteiger partial charge is 0.250 e. The topological polar surface area (TPSA) is 67.7 Å². The quantitative estimate of drug-likeness (QED) is 0.213. The summed E-state index contributed by atoms with van der Waals surface area (Å²) < 4.78 is 20.9. The van der Waals surface area contributed by atoms with Gasteiger partial charge in [-0.2, -0.15) is 0 Å². The van der Waals surface area contributed by atoms with Crippen molar-refractivity contribution in [2.75, 3.05) is 20.1 Å². The second kappa shape index (κ2) is 14.0. The summed E-state index contributed by atoms with van der Waals surface area (Å²) >= 11 is 0.